The fourth-order valence-corrected chi connectivity index (χ4v) is 1.05. The minimum absolute atomic E-state index is 0. The fourth-order valence-electron chi connectivity index (χ4n) is 0.482. The van der Waals surface area contributed by atoms with Crippen LogP contribution in [0, 0.1) is 0 Å². The molecule has 0 fully saturated rings. The first kappa shape index (κ1) is 15.2. The standard InChI is InChI=1S/C4H8F2O4S.Na/c5-4(6)1-3(2-7)11(8,9)10;/h3-4,7H,1-2H2,(H,8,9,10);/q;+1/p-1. The van der Waals surface area contributed by atoms with Crippen LogP contribution < -0.4 is 29.6 Å². The van der Waals surface area contributed by atoms with Crippen LogP contribution in [-0.2, 0) is 10.1 Å². The van der Waals surface area contributed by atoms with Crippen molar-refractivity contribution in [2.45, 2.75) is 18.1 Å². The van der Waals surface area contributed by atoms with E-state index in [2.05, 4.69) is 0 Å². The van der Waals surface area contributed by atoms with E-state index in [1.165, 1.54) is 0 Å². The normalized spacial score (nSPS) is 14.1. The Bertz CT molecular complexity index is 205. The number of aliphatic hydroxyl groups is 1. The molecule has 4 nitrogen and oxygen atoms in total. The quantitative estimate of drug-likeness (QED) is 0.388. The maximum atomic E-state index is 11.5. The molecule has 0 aromatic rings. The Kier molecular flexibility index (Phi) is 7.89. The molecule has 68 valence electrons. The summed E-state index contributed by atoms with van der Waals surface area (Å²) in [5.41, 5.74) is 0. The monoisotopic (exact) mass is 212 g/mol. The molecular formula is C4H7F2NaO4S. The van der Waals surface area contributed by atoms with Gasteiger partial charge in [0, 0.05) is 6.42 Å². The van der Waals surface area contributed by atoms with Crippen LogP contribution in [-0.4, -0.2) is 36.4 Å². The molecule has 0 aromatic carbocycles. The molecule has 0 amide bonds. The Morgan fingerprint density at radius 1 is 1.42 bits per heavy atom. The van der Waals surface area contributed by atoms with Gasteiger partial charge >= 0.3 is 29.6 Å². The van der Waals surface area contributed by atoms with Crippen molar-refractivity contribution >= 4 is 10.1 Å². The SMILES string of the molecule is O=S(=O)([O-])C(CO)CC(F)F.[Na+]. The first-order valence-electron chi connectivity index (χ1n) is 2.71. The van der Waals surface area contributed by atoms with Gasteiger partial charge in [0.05, 0.1) is 22.0 Å². The average molecular weight is 212 g/mol. The topological polar surface area (TPSA) is 77.4 Å². The van der Waals surface area contributed by atoms with Crippen LogP contribution in [0.5, 0.6) is 0 Å². The number of aliphatic hydroxyl groups excluding tert-OH is 1. The maximum absolute atomic E-state index is 11.5. The summed E-state index contributed by atoms with van der Waals surface area (Å²) in [5, 5.41) is 6.31. The van der Waals surface area contributed by atoms with Crippen molar-refractivity contribution < 1.29 is 56.4 Å². The van der Waals surface area contributed by atoms with E-state index in [9.17, 15) is 21.8 Å². The molecule has 0 rings (SSSR count). The van der Waals surface area contributed by atoms with Crippen molar-refractivity contribution in [2.24, 2.45) is 0 Å². The van der Waals surface area contributed by atoms with Crippen LogP contribution in [0.4, 0.5) is 8.78 Å². The van der Waals surface area contributed by atoms with Crippen molar-refractivity contribution in [2.75, 3.05) is 6.61 Å². The predicted molar refractivity (Wildman–Crippen MR) is 31.2 cm³/mol. The number of rotatable bonds is 4. The third-order valence-electron chi connectivity index (χ3n) is 1.05. The Morgan fingerprint density at radius 3 is 1.92 bits per heavy atom. The predicted octanol–water partition coefficient (Wildman–Crippen LogP) is -3.45. The molecule has 0 radical (unpaired) electrons. The molecule has 0 bridgehead atoms. The van der Waals surface area contributed by atoms with E-state index in [1.807, 2.05) is 0 Å². The first-order chi connectivity index (χ1) is 4.88. The number of alkyl halides is 2. The van der Waals surface area contributed by atoms with E-state index in [4.69, 9.17) is 5.11 Å². The average Bonchev–Trinajstić information content (AvgIpc) is 1.79. The van der Waals surface area contributed by atoms with E-state index >= 15 is 0 Å². The van der Waals surface area contributed by atoms with Gasteiger partial charge in [-0.15, -0.1) is 0 Å². The zero-order chi connectivity index (χ0) is 9.07. The van der Waals surface area contributed by atoms with E-state index in [0.29, 0.717) is 0 Å². The molecule has 0 aliphatic rings. The number of halogens is 2. The van der Waals surface area contributed by atoms with E-state index < -0.39 is 34.8 Å². The van der Waals surface area contributed by atoms with E-state index in [1.54, 1.807) is 0 Å². The molecule has 1 N–H and O–H groups in total. The third kappa shape index (κ3) is 6.27. The van der Waals surface area contributed by atoms with Crippen LogP contribution in [0.1, 0.15) is 6.42 Å². The summed E-state index contributed by atoms with van der Waals surface area (Å²) in [6.07, 6.45) is -4.00. The summed E-state index contributed by atoms with van der Waals surface area (Å²) < 4.78 is 53.1. The van der Waals surface area contributed by atoms with Crippen LogP contribution in [0.2, 0.25) is 0 Å². The second-order valence-corrected chi connectivity index (χ2v) is 3.58. The van der Waals surface area contributed by atoms with Gasteiger partial charge in [-0.2, -0.15) is 0 Å². The summed E-state index contributed by atoms with van der Waals surface area (Å²) in [6.45, 7) is -1.06. The van der Waals surface area contributed by atoms with Crippen molar-refractivity contribution in [1.29, 1.82) is 0 Å². The molecule has 1 atom stereocenters. The summed E-state index contributed by atoms with van der Waals surface area (Å²) in [5.74, 6) is 0. The van der Waals surface area contributed by atoms with E-state index in [0.717, 1.165) is 0 Å². The van der Waals surface area contributed by atoms with Crippen LogP contribution in [0.25, 0.3) is 0 Å². The van der Waals surface area contributed by atoms with Crippen molar-refractivity contribution in [1.82, 2.24) is 0 Å². The Balaban J connectivity index is 0. The first-order valence-corrected chi connectivity index (χ1v) is 4.18. The van der Waals surface area contributed by atoms with Gasteiger partial charge in [-0.1, -0.05) is 0 Å². The Morgan fingerprint density at radius 2 is 1.83 bits per heavy atom. The summed E-state index contributed by atoms with van der Waals surface area (Å²) in [4.78, 5) is 0. The summed E-state index contributed by atoms with van der Waals surface area (Å²) in [7, 11) is -4.79. The molecular weight excluding hydrogens is 205 g/mol. The molecule has 0 spiro atoms. The minimum Gasteiger partial charge on any atom is -0.748 e. The molecule has 0 saturated heterocycles. The van der Waals surface area contributed by atoms with Gasteiger partial charge < -0.3 is 9.66 Å². The Hall–Kier alpha value is 0.730. The maximum Gasteiger partial charge on any atom is 1.00 e. The molecule has 0 heterocycles. The molecule has 0 aliphatic heterocycles. The molecule has 0 saturated carbocycles. The zero-order valence-corrected chi connectivity index (χ0v) is 9.22. The smallest absolute Gasteiger partial charge is 0.748 e. The van der Waals surface area contributed by atoms with Crippen molar-refractivity contribution in [3.8, 4) is 0 Å². The van der Waals surface area contributed by atoms with E-state index in [-0.39, 0.29) is 29.6 Å². The van der Waals surface area contributed by atoms with Gasteiger partial charge in [0.15, 0.2) is 0 Å². The van der Waals surface area contributed by atoms with Gasteiger partial charge in [-0.25, -0.2) is 17.2 Å². The number of hydrogen-bond acceptors (Lipinski definition) is 4. The van der Waals surface area contributed by atoms with Gasteiger partial charge in [0.1, 0.15) is 0 Å². The van der Waals surface area contributed by atoms with Crippen LogP contribution in [0.15, 0.2) is 0 Å². The summed E-state index contributed by atoms with van der Waals surface area (Å²) in [6, 6.07) is 0. The molecule has 12 heavy (non-hydrogen) atoms. The second kappa shape index (κ2) is 6.22. The molecule has 1 unspecified atom stereocenters. The van der Waals surface area contributed by atoms with Crippen LogP contribution in [0.3, 0.4) is 0 Å². The second-order valence-electron chi connectivity index (χ2n) is 1.92. The van der Waals surface area contributed by atoms with Gasteiger partial charge in [-0.3, -0.25) is 0 Å². The third-order valence-corrected chi connectivity index (χ3v) is 2.21. The fraction of sp³-hybridized carbons (Fsp3) is 1.00. The van der Waals surface area contributed by atoms with Gasteiger partial charge in [0.2, 0.25) is 6.43 Å². The molecule has 0 aliphatic carbocycles. The van der Waals surface area contributed by atoms with Gasteiger partial charge in [-0.05, 0) is 0 Å². The van der Waals surface area contributed by atoms with Crippen molar-refractivity contribution in [3.05, 3.63) is 0 Å². The minimum atomic E-state index is -4.79. The Labute approximate surface area is 91.0 Å². The molecule has 0 aromatic heterocycles. The summed E-state index contributed by atoms with van der Waals surface area (Å²) >= 11 is 0. The van der Waals surface area contributed by atoms with Gasteiger partial charge in [0.25, 0.3) is 0 Å². The van der Waals surface area contributed by atoms with Crippen LogP contribution >= 0.6 is 0 Å². The largest absolute Gasteiger partial charge is 1.00 e. The number of hydrogen-bond donors (Lipinski definition) is 1. The zero-order valence-electron chi connectivity index (χ0n) is 6.41. The van der Waals surface area contributed by atoms with Crippen molar-refractivity contribution in [3.63, 3.8) is 0 Å². The molecule has 8 heteroatoms.